The van der Waals surface area contributed by atoms with Crippen LogP contribution in [-0.4, -0.2) is 66.4 Å². The van der Waals surface area contributed by atoms with Crippen LogP contribution in [0.3, 0.4) is 0 Å². The number of rotatable bonds is 26. The topological polar surface area (TPSA) is 127 Å². The van der Waals surface area contributed by atoms with Crippen molar-refractivity contribution in [3.8, 4) is 11.5 Å². The van der Waals surface area contributed by atoms with Gasteiger partial charge in [-0.1, -0.05) is 359 Å². The number of ketones is 2. The summed E-state index contributed by atoms with van der Waals surface area (Å²) >= 11 is 2.15. The third kappa shape index (κ3) is 17.2. The fourth-order valence-corrected chi connectivity index (χ4v) is 18.1. The minimum atomic E-state index is -1.19. The molecule has 2 fully saturated rings. The van der Waals surface area contributed by atoms with Crippen molar-refractivity contribution in [2.75, 3.05) is 0 Å². The van der Waals surface area contributed by atoms with E-state index in [1.807, 2.05) is 264 Å². The van der Waals surface area contributed by atoms with Crippen LogP contribution in [0, 0.1) is 16.7 Å². The Morgan fingerprint density at radius 1 is 0.436 bits per heavy atom. The van der Waals surface area contributed by atoms with Crippen molar-refractivity contribution in [1.82, 2.24) is 9.80 Å². The van der Waals surface area contributed by atoms with E-state index in [1.165, 1.54) is 9.80 Å². The van der Waals surface area contributed by atoms with Crippen LogP contribution in [0.5, 0.6) is 11.5 Å². The summed E-state index contributed by atoms with van der Waals surface area (Å²) in [6.07, 6.45) is 38.0. The number of hydrogen-bond acceptors (Lipinski definition) is 10. The molecule has 5 aliphatic rings. The number of imide groups is 2. The SMILES string of the molecule is CC1=C(/C=C/C(C)=C/C=C/C(C)=C/C=C/C=C(C)/C=C/C=C(C)/C=C/C2=C(C)C(=O)C(Oc3ccc(CC4SC(=O)N(C(c5ccccc5)(c5ccccc5)C5C=CC=CC5)C4=O)cc3)CC2(C)C)C(C)(C)CC(Oc2ccc(CC3SC(=O)N(C(c4ccccc4)(c4ccccc4)c4ccccc4)C3=O)cc2)C1=O. The van der Waals surface area contributed by atoms with E-state index < -0.39 is 33.8 Å². The third-order valence-electron chi connectivity index (χ3n) is 21.6. The van der Waals surface area contributed by atoms with Crippen molar-refractivity contribution in [2.24, 2.45) is 16.7 Å². The molecule has 4 amide bonds. The highest BCUT2D eigenvalue weighted by Crippen LogP contribution is 2.52. The Bertz CT molecular complexity index is 4870. The first-order chi connectivity index (χ1) is 53.0. The molecule has 0 bridgehead atoms. The molecule has 7 aromatic rings. The first kappa shape index (κ1) is 78.7. The van der Waals surface area contributed by atoms with Crippen molar-refractivity contribution in [2.45, 2.75) is 135 Å². The molecule has 2 heterocycles. The molecule has 0 saturated carbocycles. The maximum Gasteiger partial charge on any atom is 0.290 e. The Balaban J connectivity index is 0.599. The minimum absolute atomic E-state index is 0.0467. The fourth-order valence-electron chi connectivity index (χ4n) is 15.9. The maximum absolute atomic E-state index is 14.8. The van der Waals surface area contributed by atoms with Crippen LogP contribution in [0.15, 0.2) is 354 Å². The van der Waals surface area contributed by atoms with Gasteiger partial charge in [0.25, 0.3) is 10.5 Å². The van der Waals surface area contributed by atoms with Crippen molar-refractivity contribution in [3.05, 3.63) is 393 Å². The molecule has 2 saturated heterocycles. The Kier molecular flexibility index (Phi) is 24.9. The molecule has 0 spiro atoms. The van der Waals surface area contributed by atoms with Gasteiger partial charge in [-0.25, -0.2) is 0 Å². The molecule has 5 atom stereocenters. The average molecular weight is 1490 g/mol. The monoisotopic (exact) mass is 1490 g/mol. The van der Waals surface area contributed by atoms with E-state index in [0.717, 1.165) is 95.9 Å². The van der Waals surface area contributed by atoms with Crippen LogP contribution in [-0.2, 0) is 43.1 Å². The zero-order valence-electron chi connectivity index (χ0n) is 64.3. The summed E-state index contributed by atoms with van der Waals surface area (Å²) in [6, 6.07) is 64.3. The molecule has 7 aromatic carbocycles. The van der Waals surface area contributed by atoms with Gasteiger partial charge in [0.1, 0.15) is 22.6 Å². The fraction of sp³-hybridized carbons (Fsp3) is 0.245. The minimum Gasteiger partial charge on any atom is -0.482 e. The van der Waals surface area contributed by atoms with E-state index >= 15 is 0 Å². The van der Waals surface area contributed by atoms with Gasteiger partial charge in [-0.15, -0.1) is 0 Å². The second-order valence-corrected chi connectivity index (χ2v) is 32.7. The lowest BCUT2D eigenvalue weighted by Crippen LogP contribution is -2.55. The van der Waals surface area contributed by atoms with Crippen LogP contribution in [0.2, 0.25) is 0 Å². The van der Waals surface area contributed by atoms with Gasteiger partial charge in [-0.2, -0.15) is 0 Å². The molecule has 3 aliphatic carbocycles. The molecule has 0 radical (unpaired) electrons. The van der Waals surface area contributed by atoms with Gasteiger partial charge in [0.05, 0.1) is 10.5 Å². The molecule has 2 aliphatic heterocycles. The largest absolute Gasteiger partial charge is 0.482 e. The zero-order valence-corrected chi connectivity index (χ0v) is 66.0. The molecular weight excluding hydrogens is 1400 g/mol. The Labute approximate surface area is 657 Å². The highest BCUT2D eigenvalue weighted by molar-refractivity contribution is 8.15. The van der Waals surface area contributed by atoms with E-state index in [2.05, 4.69) is 114 Å². The lowest BCUT2D eigenvalue weighted by molar-refractivity contribution is -0.132. The predicted octanol–water partition coefficient (Wildman–Crippen LogP) is 22.4. The number of ether oxygens (including phenoxy) is 2. The van der Waals surface area contributed by atoms with Gasteiger partial charge in [0.15, 0.2) is 23.8 Å². The quantitative estimate of drug-likeness (QED) is 0.0382. The average Bonchev–Trinajstić information content (AvgIpc) is 1.38. The Morgan fingerprint density at radius 2 is 0.782 bits per heavy atom. The van der Waals surface area contributed by atoms with Crippen LogP contribution in [0.1, 0.15) is 127 Å². The van der Waals surface area contributed by atoms with E-state index in [0.29, 0.717) is 54.7 Å². The van der Waals surface area contributed by atoms with Crippen molar-refractivity contribution < 1.29 is 38.2 Å². The van der Waals surface area contributed by atoms with Crippen LogP contribution in [0.4, 0.5) is 9.59 Å². The van der Waals surface area contributed by atoms with Crippen LogP contribution < -0.4 is 9.47 Å². The van der Waals surface area contributed by atoms with Gasteiger partial charge < -0.3 is 9.47 Å². The van der Waals surface area contributed by atoms with Crippen molar-refractivity contribution >= 4 is 57.4 Å². The highest BCUT2D eigenvalue weighted by Gasteiger charge is 2.57. The number of nitrogens with zero attached hydrogens (tertiary/aromatic N) is 2. The smallest absolute Gasteiger partial charge is 0.290 e. The number of allylic oxidation sites excluding steroid dienone is 23. The Hall–Kier alpha value is -10.9. The molecule has 5 unspecified atom stereocenters. The molecule has 10 nitrogen and oxygen atoms in total. The highest BCUT2D eigenvalue weighted by atomic mass is 32.2. The van der Waals surface area contributed by atoms with E-state index in [9.17, 15) is 28.8 Å². The molecular formula is C98H96N2O8S2. The predicted molar refractivity (Wildman–Crippen MR) is 449 cm³/mol. The van der Waals surface area contributed by atoms with Crippen LogP contribution >= 0.6 is 23.5 Å². The molecule has 12 heteroatoms. The zero-order chi connectivity index (χ0) is 77.7. The summed E-state index contributed by atoms with van der Waals surface area (Å²) in [4.78, 5) is 89.2. The van der Waals surface area contributed by atoms with Gasteiger partial charge in [0, 0.05) is 18.8 Å². The molecule has 12 rings (SSSR count). The number of carbonyl (C=O) groups is 6. The second-order valence-electron chi connectivity index (χ2n) is 30.4. The summed E-state index contributed by atoms with van der Waals surface area (Å²) in [5.41, 5.74) is 10.6. The second kappa shape index (κ2) is 34.8. The Morgan fingerprint density at radius 3 is 1.15 bits per heavy atom. The van der Waals surface area contributed by atoms with Crippen molar-refractivity contribution in [1.29, 1.82) is 0 Å². The summed E-state index contributed by atoms with van der Waals surface area (Å²) in [7, 11) is 0. The van der Waals surface area contributed by atoms with Gasteiger partial charge in [-0.3, -0.25) is 38.6 Å². The summed E-state index contributed by atoms with van der Waals surface area (Å²) < 4.78 is 12.9. The first-order valence-electron chi connectivity index (χ1n) is 37.8. The van der Waals surface area contributed by atoms with Crippen LogP contribution in [0.25, 0.3) is 0 Å². The summed E-state index contributed by atoms with van der Waals surface area (Å²) in [5.74, 6) is 0.385. The van der Waals surface area contributed by atoms with Gasteiger partial charge >= 0.3 is 0 Å². The van der Waals surface area contributed by atoms with Crippen molar-refractivity contribution in [3.63, 3.8) is 0 Å². The lowest BCUT2D eigenvalue weighted by Gasteiger charge is -2.46. The summed E-state index contributed by atoms with van der Waals surface area (Å²) in [6.45, 7) is 20.6. The standard InChI is InChI=1S/C98H96N2O8S2/c1-67(35-31-37-69(3)51-61-83-71(5)89(101)85(65-95(83,7)8)107-81-57-53-73(54-58-81)63-87-91(103)99(93(105)109-87)97(75-39-17-11-18-40-75,76-41-19-12-20-42-76)77-43-21-13-22-44-77)33-29-30-34-68(2)36-32-38-70(4)52-62-84-72(6)90(102)86(66-96(84,9)10)108-82-59-55-74(56-60-82)64-88-92(104)100(94(106)110-88)98(78-45-23-14-24-46-78,79-47-25-15-26-48-79)80-49-27-16-28-50-80/h11-49,51-62,80,85-88H,50,63-66H2,1-10H3/b30-29+,35-31+,36-32+,61-51+,62-52+,67-33+,68-34+,69-37+,70-38+. The van der Waals surface area contributed by atoms with Gasteiger partial charge in [-0.05, 0) is 157 Å². The molecule has 0 aromatic heterocycles. The number of hydrogen-bond donors (Lipinski definition) is 0. The summed E-state index contributed by atoms with van der Waals surface area (Å²) in [5, 5.41) is -1.83. The van der Waals surface area contributed by atoms with E-state index in [-0.39, 0.29) is 50.6 Å². The first-order valence-corrected chi connectivity index (χ1v) is 39.6. The number of benzene rings is 7. The normalized spacial score (nSPS) is 21.1. The van der Waals surface area contributed by atoms with E-state index in [1.54, 1.807) is 0 Å². The molecule has 558 valence electrons. The molecule has 110 heavy (non-hydrogen) atoms. The molecule has 0 N–H and O–H groups in total. The number of amides is 4. The number of carbonyl (C=O) groups excluding carboxylic acids is 6. The maximum atomic E-state index is 14.8. The number of Topliss-reactive ketones (excluding diaryl/α,β-unsaturated/α-hetero) is 2. The number of thioether (sulfide) groups is 2. The third-order valence-corrected chi connectivity index (χ3v) is 23.6. The lowest BCUT2D eigenvalue weighted by atomic mass is 9.69. The van der Waals surface area contributed by atoms with E-state index in [4.69, 9.17) is 9.47 Å². The van der Waals surface area contributed by atoms with Gasteiger partial charge in [0.2, 0.25) is 11.8 Å².